The average molecular weight is 425 g/mol. The molecule has 0 radical (unpaired) electrons. The number of nitrogens with one attached hydrogen (secondary N) is 1. The number of nitriles is 1. The first-order valence-corrected chi connectivity index (χ1v) is 9.51. The predicted molar refractivity (Wildman–Crippen MR) is 118 cm³/mol. The maximum absolute atomic E-state index is 12.5. The smallest absolute Gasteiger partial charge is 0.270 e. The third kappa shape index (κ3) is 4.06. The Kier molecular flexibility index (Phi) is 5.42. The van der Waals surface area contributed by atoms with Crippen LogP contribution in [0.1, 0.15) is 5.56 Å². The van der Waals surface area contributed by atoms with Gasteiger partial charge in [0.25, 0.3) is 11.2 Å². The number of anilines is 1. The Hall–Kier alpha value is -4.84. The van der Waals surface area contributed by atoms with E-state index in [1.54, 1.807) is 6.07 Å². The SMILES string of the molecule is N#Cc1cc([N+](=O)[O-])ccc1NC(=O)Cn1nc(-c2cccc3ccccc23)ccc1=O. The van der Waals surface area contributed by atoms with Gasteiger partial charge in [0.05, 0.1) is 21.9 Å². The molecule has 32 heavy (non-hydrogen) atoms. The molecule has 0 atom stereocenters. The molecule has 0 aliphatic carbocycles. The molecule has 9 heteroatoms. The largest absolute Gasteiger partial charge is 0.323 e. The topological polar surface area (TPSA) is 131 Å². The Morgan fingerprint density at radius 1 is 1.09 bits per heavy atom. The van der Waals surface area contributed by atoms with Crippen LogP contribution in [0.5, 0.6) is 0 Å². The summed E-state index contributed by atoms with van der Waals surface area (Å²) in [4.78, 5) is 35.1. The fraction of sp³-hybridized carbons (Fsp3) is 0.0435. The fourth-order valence-corrected chi connectivity index (χ4v) is 3.33. The van der Waals surface area contributed by atoms with Gasteiger partial charge >= 0.3 is 0 Å². The minimum absolute atomic E-state index is 0.0580. The number of aromatic nitrogens is 2. The lowest BCUT2D eigenvalue weighted by atomic mass is 10.0. The monoisotopic (exact) mass is 425 g/mol. The van der Waals surface area contributed by atoms with Gasteiger partial charge in [0.2, 0.25) is 5.91 Å². The molecule has 0 saturated heterocycles. The molecule has 9 nitrogen and oxygen atoms in total. The van der Waals surface area contributed by atoms with Crippen molar-refractivity contribution in [2.45, 2.75) is 6.54 Å². The third-order valence-corrected chi connectivity index (χ3v) is 4.83. The highest BCUT2D eigenvalue weighted by Crippen LogP contribution is 2.26. The van der Waals surface area contributed by atoms with Crippen molar-refractivity contribution in [2.24, 2.45) is 0 Å². The highest BCUT2D eigenvalue weighted by Gasteiger charge is 2.14. The summed E-state index contributed by atoms with van der Waals surface area (Å²) in [5.74, 6) is -0.597. The van der Waals surface area contributed by atoms with Crippen LogP contribution in [-0.4, -0.2) is 20.6 Å². The number of hydrogen-bond acceptors (Lipinski definition) is 6. The number of rotatable bonds is 5. The van der Waals surface area contributed by atoms with Crippen molar-refractivity contribution < 1.29 is 9.72 Å². The molecule has 0 bridgehead atoms. The van der Waals surface area contributed by atoms with Crippen molar-refractivity contribution in [3.63, 3.8) is 0 Å². The van der Waals surface area contributed by atoms with Crippen LogP contribution in [-0.2, 0) is 11.3 Å². The Bertz CT molecular complexity index is 1460. The van der Waals surface area contributed by atoms with E-state index in [0.29, 0.717) is 5.69 Å². The van der Waals surface area contributed by atoms with Crippen LogP contribution >= 0.6 is 0 Å². The Balaban J connectivity index is 1.62. The van der Waals surface area contributed by atoms with Crippen LogP contribution in [0.4, 0.5) is 11.4 Å². The van der Waals surface area contributed by atoms with Gasteiger partial charge in [0.15, 0.2) is 0 Å². The maximum atomic E-state index is 12.5. The van der Waals surface area contributed by atoms with Crippen LogP contribution in [0, 0.1) is 21.4 Å². The van der Waals surface area contributed by atoms with Gasteiger partial charge in [-0.3, -0.25) is 19.7 Å². The van der Waals surface area contributed by atoms with Gasteiger partial charge in [0, 0.05) is 23.8 Å². The zero-order valence-corrected chi connectivity index (χ0v) is 16.6. The molecular weight excluding hydrogens is 410 g/mol. The molecule has 0 fully saturated rings. The molecule has 0 spiro atoms. The molecule has 0 aliphatic heterocycles. The number of carbonyl (C=O) groups is 1. The molecular formula is C23H15N5O4. The molecule has 4 rings (SSSR count). The molecule has 0 aliphatic rings. The molecule has 1 amide bonds. The van der Waals surface area contributed by atoms with E-state index >= 15 is 0 Å². The van der Waals surface area contributed by atoms with Crippen molar-refractivity contribution in [3.8, 4) is 17.3 Å². The second-order valence-corrected chi connectivity index (χ2v) is 6.89. The second-order valence-electron chi connectivity index (χ2n) is 6.89. The van der Waals surface area contributed by atoms with E-state index in [9.17, 15) is 25.0 Å². The number of nitrogens with zero attached hydrogens (tertiary/aromatic N) is 4. The molecule has 1 aromatic heterocycles. The van der Waals surface area contributed by atoms with Gasteiger partial charge in [-0.25, -0.2) is 4.68 Å². The van der Waals surface area contributed by atoms with E-state index in [4.69, 9.17) is 0 Å². The molecule has 156 valence electrons. The predicted octanol–water partition coefficient (Wildman–Crippen LogP) is 3.48. The Morgan fingerprint density at radius 3 is 2.66 bits per heavy atom. The highest BCUT2D eigenvalue weighted by atomic mass is 16.6. The normalized spacial score (nSPS) is 10.5. The van der Waals surface area contributed by atoms with Crippen molar-refractivity contribution in [2.75, 3.05) is 5.32 Å². The standard InChI is InChI=1S/C23H15N5O4/c24-13-16-12-17(28(31)32)8-9-20(16)25-22(29)14-27-23(30)11-10-21(26-27)19-7-3-5-15-4-1-2-6-18(15)19/h1-12H,14H2,(H,25,29). The zero-order valence-electron chi connectivity index (χ0n) is 16.6. The zero-order chi connectivity index (χ0) is 22.7. The highest BCUT2D eigenvalue weighted by molar-refractivity contribution is 5.95. The first kappa shape index (κ1) is 20.4. The number of amides is 1. The molecule has 4 aromatic rings. The van der Waals surface area contributed by atoms with Gasteiger partial charge in [-0.2, -0.15) is 10.4 Å². The molecule has 1 N–H and O–H groups in total. The van der Waals surface area contributed by atoms with Gasteiger partial charge in [-0.05, 0) is 22.9 Å². The van der Waals surface area contributed by atoms with Crippen molar-refractivity contribution >= 4 is 28.1 Å². The Labute approximate surface area is 181 Å². The molecule has 1 heterocycles. The number of non-ortho nitro benzene ring substituents is 1. The summed E-state index contributed by atoms with van der Waals surface area (Å²) in [6, 6.07) is 21.8. The van der Waals surface area contributed by atoms with Gasteiger partial charge in [-0.1, -0.05) is 42.5 Å². The molecule has 0 unspecified atom stereocenters. The van der Waals surface area contributed by atoms with Crippen LogP contribution in [0.25, 0.3) is 22.0 Å². The summed E-state index contributed by atoms with van der Waals surface area (Å²) in [5, 5.41) is 28.9. The van der Waals surface area contributed by atoms with E-state index in [1.807, 2.05) is 48.5 Å². The van der Waals surface area contributed by atoms with Gasteiger partial charge in [0.1, 0.15) is 12.6 Å². The van der Waals surface area contributed by atoms with Crippen LogP contribution in [0.2, 0.25) is 0 Å². The maximum Gasteiger partial charge on any atom is 0.270 e. The Morgan fingerprint density at radius 2 is 1.88 bits per heavy atom. The average Bonchev–Trinajstić information content (AvgIpc) is 2.80. The fourth-order valence-electron chi connectivity index (χ4n) is 3.33. The lowest BCUT2D eigenvalue weighted by Gasteiger charge is -2.10. The lowest BCUT2D eigenvalue weighted by molar-refractivity contribution is -0.384. The summed E-state index contributed by atoms with van der Waals surface area (Å²) in [5.41, 5.74) is 0.675. The van der Waals surface area contributed by atoms with E-state index in [2.05, 4.69) is 10.4 Å². The van der Waals surface area contributed by atoms with E-state index in [-0.39, 0.29) is 23.5 Å². The number of fused-ring (bicyclic) bond motifs is 1. The number of nitro benzene ring substituents is 1. The summed E-state index contributed by atoms with van der Waals surface area (Å²) in [6.07, 6.45) is 0. The third-order valence-electron chi connectivity index (χ3n) is 4.83. The number of carbonyl (C=O) groups excluding carboxylic acids is 1. The summed E-state index contributed by atoms with van der Waals surface area (Å²) >= 11 is 0. The van der Waals surface area contributed by atoms with E-state index in [1.165, 1.54) is 18.2 Å². The van der Waals surface area contributed by atoms with Crippen molar-refractivity contribution in [1.29, 1.82) is 5.26 Å². The minimum Gasteiger partial charge on any atom is -0.323 e. The van der Waals surface area contributed by atoms with E-state index in [0.717, 1.165) is 27.1 Å². The van der Waals surface area contributed by atoms with E-state index < -0.39 is 16.4 Å². The second kappa shape index (κ2) is 8.49. The lowest BCUT2D eigenvalue weighted by Crippen LogP contribution is -2.29. The molecule has 0 saturated carbocycles. The minimum atomic E-state index is -0.630. The van der Waals surface area contributed by atoms with Crippen molar-refractivity contribution in [3.05, 3.63) is 98.8 Å². The van der Waals surface area contributed by atoms with Crippen LogP contribution in [0.15, 0.2) is 77.6 Å². The summed E-state index contributed by atoms with van der Waals surface area (Å²) < 4.78 is 1.03. The van der Waals surface area contributed by atoms with Gasteiger partial charge in [-0.15, -0.1) is 0 Å². The van der Waals surface area contributed by atoms with Gasteiger partial charge < -0.3 is 5.32 Å². The number of hydrogen-bond donors (Lipinski definition) is 1. The molecule has 3 aromatic carbocycles. The van der Waals surface area contributed by atoms with Crippen molar-refractivity contribution in [1.82, 2.24) is 9.78 Å². The van der Waals surface area contributed by atoms with Crippen LogP contribution < -0.4 is 10.9 Å². The number of benzene rings is 3. The number of nitro groups is 1. The summed E-state index contributed by atoms with van der Waals surface area (Å²) in [6.45, 7) is -0.390. The first-order valence-electron chi connectivity index (χ1n) is 9.51. The quantitative estimate of drug-likeness (QED) is 0.385. The summed E-state index contributed by atoms with van der Waals surface area (Å²) in [7, 11) is 0. The first-order chi connectivity index (χ1) is 15.5. The van der Waals surface area contributed by atoms with Crippen LogP contribution in [0.3, 0.4) is 0 Å².